The van der Waals surface area contributed by atoms with Crippen LogP contribution in [0.1, 0.15) is 67.5 Å². The van der Waals surface area contributed by atoms with Crippen LogP contribution < -0.4 is 0 Å². The molecule has 1 heterocycles. The van der Waals surface area contributed by atoms with Crippen LogP contribution in [0.3, 0.4) is 0 Å². The number of benzene rings is 2. The second-order valence-corrected chi connectivity index (χ2v) is 7.94. The predicted octanol–water partition coefficient (Wildman–Crippen LogP) is 6.50. The molecule has 0 aliphatic rings. The van der Waals surface area contributed by atoms with E-state index >= 15 is 0 Å². The first-order chi connectivity index (χ1) is 14.8. The van der Waals surface area contributed by atoms with Crippen molar-refractivity contribution in [3.8, 4) is 6.07 Å². The fraction of sp³-hybridized carbons (Fsp3) is 0.370. The minimum absolute atomic E-state index is 0.0142. The van der Waals surface area contributed by atoms with Crippen LogP contribution in [0.4, 0.5) is 0 Å². The van der Waals surface area contributed by atoms with E-state index in [-0.39, 0.29) is 11.8 Å². The van der Waals surface area contributed by atoms with Gasteiger partial charge in [-0.25, -0.2) is 9.97 Å². The van der Waals surface area contributed by atoms with Gasteiger partial charge >= 0.3 is 0 Å². The average molecular weight is 398 g/mol. The molecule has 30 heavy (non-hydrogen) atoms. The summed E-state index contributed by atoms with van der Waals surface area (Å²) >= 11 is 0. The summed E-state index contributed by atoms with van der Waals surface area (Å²) in [6.07, 6.45) is 10.9. The van der Waals surface area contributed by atoms with Crippen molar-refractivity contribution < 1.29 is 0 Å². The second-order valence-electron chi connectivity index (χ2n) is 7.94. The zero-order valence-electron chi connectivity index (χ0n) is 17.9. The molecular weight excluding hydrogens is 366 g/mol. The van der Waals surface area contributed by atoms with Crippen LogP contribution in [0.2, 0.25) is 0 Å². The van der Waals surface area contributed by atoms with Crippen LogP contribution in [0.25, 0.3) is 0 Å². The van der Waals surface area contributed by atoms with Crippen molar-refractivity contribution in [1.82, 2.24) is 9.97 Å². The molecule has 0 N–H and O–H groups in total. The Bertz CT molecular complexity index is 859. The molecule has 2 aromatic carbocycles. The normalized spacial score (nSPS) is 11.9. The monoisotopic (exact) mass is 397 g/mol. The number of nitrogens with zero attached hydrogens (tertiary/aromatic N) is 3. The predicted molar refractivity (Wildman–Crippen MR) is 122 cm³/mol. The number of nitriles is 1. The van der Waals surface area contributed by atoms with E-state index in [9.17, 15) is 5.26 Å². The zero-order valence-corrected chi connectivity index (χ0v) is 17.9. The van der Waals surface area contributed by atoms with Crippen molar-refractivity contribution >= 4 is 0 Å². The zero-order chi connectivity index (χ0) is 21.0. The maximum absolute atomic E-state index is 9.83. The van der Waals surface area contributed by atoms with E-state index in [1.54, 1.807) is 0 Å². The van der Waals surface area contributed by atoms with E-state index in [2.05, 4.69) is 71.5 Å². The van der Waals surface area contributed by atoms with E-state index in [1.807, 2.05) is 24.5 Å². The molecule has 0 aliphatic carbocycles. The lowest BCUT2D eigenvalue weighted by molar-refractivity contribution is 0.520. The van der Waals surface area contributed by atoms with Gasteiger partial charge in [0.05, 0.1) is 6.07 Å². The van der Waals surface area contributed by atoms with E-state index in [4.69, 9.17) is 0 Å². The van der Waals surface area contributed by atoms with Crippen LogP contribution in [-0.2, 0) is 12.8 Å². The summed E-state index contributed by atoms with van der Waals surface area (Å²) in [6, 6.07) is 23.6. The molecule has 0 amide bonds. The second kappa shape index (κ2) is 11.9. The van der Waals surface area contributed by atoms with Crippen LogP contribution in [0.15, 0.2) is 73.1 Å². The summed E-state index contributed by atoms with van der Waals surface area (Å²) in [6.45, 7) is 2.20. The van der Waals surface area contributed by atoms with Crippen molar-refractivity contribution in [2.75, 3.05) is 0 Å². The van der Waals surface area contributed by atoms with Crippen molar-refractivity contribution in [2.45, 2.75) is 57.8 Å². The van der Waals surface area contributed by atoms with Crippen LogP contribution in [0, 0.1) is 17.2 Å². The number of rotatable bonds is 11. The molecule has 0 radical (unpaired) electrons. The first-order valence-electron chi connectivity index (χ1n) is 11.1. The van der Waals surface area contributed by atoms with Crippen molar-refractivity contribution in [3.05, 3.63) is 95.6 Å². The van der Waals surface area contributed by atoms with Gasteiger partial charge in [-0.15, -0.1) is 0 Å². The molecule has 0 saturated heterocycles. The van der Waals surface area contributed by atoms with E-state index in [0.717, 1.165) is 43.5 Å². The summed E-state index contributed by atoms with van der Waals surface area (Å²) in [5.74, 6) is 1.14. The van der Waals surface area contributed by atoms with Gasteiger partial charge in [0.15, 0.2) is 0 Å². The molecule has 3 rings (SSSR count). The van der Waals surface area contributed by atoms with Crippen LogP contribution >= 0.6 is 0 Å². The molecule has 0 fully saturated rings. The van der Waals surface area contributed by atoms with Gasteiger partial charge < -0.3 is 0 Å². The lowest BCUT2D eigenvalue weighted by Crippen LogP contribution is -2.09. The van der Waals surface area contributed by atoms with Gasteiger partial charge in [-0.1, -0.05) is 80.4 Å². The highest BCUT2D eigenvalue weighted by Crippen LogP contribution is 2.32. The molecule has 0 aliphatic heterocycles. The standard InChI is InChI=1S/C27H31N3/c1-2-3-6-15-27-29-20-23(21-30-27)17-16-22(19-28)18-26(24-11-7-4-8-12-24)25-13-9-5-10-14-25/h4-5,7-14,20-22,26H,2-3,6,15-18H2,1H3. The quantitative estimate of drug-likeness (QED) is 0.347. The Morgan fingerprint density at radius 1 is 0.833 bits per heavy atom. The topological polar surface area (TPSA) is 49.6 Å². The third-order valence-electron chi connectivity index (χ3n) is 5.65. The smallest absolute Gasteiger partial charge is 0.128 e. The van der Waals surface area contributed by atoms with Gasteiger partial charge in [0.25, 0.3) is 0 Å². The Morgan fingerprint density at radius 3 is 1.97 bits per heavy atom. The Labute approximate surface area is 180 Å². The molecule has 1 atom stereocenters. The number of hydrogen-bond acceptors (Lipinski definition) is 3. The first-order valence-corrected chi connectivity index (χ1v) is 11.1. The number of unbranched alkanes of at least 4 members (excludes halogenated alkanes) is 2. The summed E-state index contributed by atoms with van der Waals surface area (Å²) in [5, 5.41) is 9.83. The number of aryl methyl sites for hydroxylation is 2. The molecule has 0 spiro atoms. The molecule has 3 nitrogen and oxygen atoms in total. The first kappa shape index (κ1) is 21.7. The molecular formula is C27H31N3. The Morgan fingerprint density at radius 2 is 1.43 bits per heavy atom. The third kappa shape index (κ3) is 6.52. The molecule has 0 saturated carbocycles. The molecule has 3 aromatic rings. The van der Waals surface area contributed by atoms with Crippen molar-refractivity contribution in [2.24, 2.45) is 5.92 Å². The Hall–Kier alpha value is -2.99. The SMILES string of the molecule is CCCCCc1ncc(CCC(C#N)CC(c2ccccc2)c2ccccc2)cn1. The highest BCUT2D eigenvalue weighted by molar-refractivity contribution is 5.32. The van der Waals surface area contributed by atoms with Crippen molar-refractivity contribution in [1.29, 1.82) is 5.26 Å². The molecule has 3 heteroatoms. The Balaban J connectivity index is 1.62. The molecule has 154 valence electrons. The van der Waals surface area contributed by atoms with Gasteiger partial charge in [-0.3, -0.25) is 0 Å². The summed E-state index contributed by atoms with van der Waals surface area (Å²) in [5.41, 5.74) is 3.65. The number of hydrogen-bond donors (Lipinski definition) is 0. The molecule has 1 aromatic heterocycles. The van der Waals surface area contributed by atoms with Gasteiger partial charge in [-0.05, 0) is 42.4 Å². The van der Waals surface area contributed by atoms with Gasteiger partial charge in [0.1, 0.15) is 5.82 Å². The largest absolute Gasteiger partial charge is 0.241 e. The maximum atomic E-state index is 9.83. The van der Waals surface area contributed by atoms with Crippen molar-refractivity contribution in [3.63, 3.8) is 0 Å². The third-order valence-corrected chi connectivity index (χ3v) is 5.65. The van der Waals surface area contributed by atoms with Crippen LogP contribution in [0.5, 0.6) is 0 Å². The lowest BCUT2D eigenvalue weighted by Gasteiger charge is -2.21. The Kier molecular flexibility index (Phi) is 8.60. The minimum Gasteiger partial charge on any atom is -0.241 e. The van der Waals surface area contributed by atoms with Gasteiger partial charge in [0, 0.05) is 30.7 Å². The summed E-state index contributed by atoms with van der Waals surface area (Å²) in [7, 11) is 0. The van der Waals surface area contributed by atoms with Crippen LogP contribution in [-0.4, -0.2) is 9.97 Å². The summed E-state index contributed by atoms with van der Waals surface area (Å²) < 4.78 is 0. The highest BCUT2D eigenvalue weighted by Gasteiger charge is 2.20. The fourth-order valence-corrected chi connectivity index (χ4v) is 3.87. The van der Waals surface area contributed by atoms with Gasteiger partial charge in [0.2, 0.25) is 0 Å². The number of aromatic nitrogens is 2. The van der Waals surface area contributed by atoms with E-state index in [1.165, 1.54) is 24.0 Å². The van der Waals surface area contributed by atoms with Gasteiger partial charge in [-0.2, -0.15) is 5.26 Å². The van der Waals surface area contributed by atoms with E-state index < -0.39 is 0 Å². The minimum atomic E-state index is -0.0142. The molecule has 1 unspecified atom stereocenters. The lowest BCUT2D eigenvalue weighted by atomic mass is 9.82. The molecule has 0 bridgehead atoms. The maximum Gasteiger partial charge on any atom is 0.128 e. The average Bonchev–Trinajstić information content (AvgIpc) is 2.81. The summed E-state index contributed by atoms with van der Waals surface area (Å²) in [4.78, 5) is 9.03. The highest BCUT2D eigenvalue weighted by atomic mass is 14.9. The van der Waals surface area contributed by atoms with E-state index in [0.29, 0.717) is 0 Å². The fourth-order valence-electron chi connectivity index (χ4n) is 3.87.